The number of benzene rings is 5. The van der Waals surface area contributed by atoms with Crippen molar-refractivity contribution in [1.82, 2.24) is 10.0 Å². The number of halogens is 3. The Morgan fingerprint density at radius 1 is 0.797 bits per heavy atom. The van der Waals surface area contributed by atoms with E-state index in [1.165, 1.54) is 30.3 Å². The number of anilines is 2. The molecule has 1 aliphatic carbocycles. The van der Waals surface area contributed by atoms with Gasteiger partial charge in [-0.15, -0.1) is 0 Å². The number of carbonyl (C=O) groups excluding carboxylic acids is 1. The van der Waals surface area contributed by atoms with E-state index in [0.29, 0.717) is 58.2 Å². The second-order valence-corrected chi connectivity index (χ2v) is 20.8. The van der Waals surface area contributed by atoms with Gasteiger partial charge in [-0.2, -0.15) is 13.2 Å². The molecule has 19 heteroatoms. The number of hydrogen-bond acceptors (Lipinski definition) is 9. The van der Waals surface area contributed by atoms with Crippen molar-refractivity contribution in [2.75, 3.05) is 18.4 Å². The van der Waals surface area contributed by atoms with Crippen molar-refractivity contribution in [2.45, 2.75) is 76.6 Å². The normalized spacial score (nSPS) is 13.4. The van der Waals surface area contributed by atoms with E-state index in [2.05, 4.69) is 24.5 Å². The number of rotatable bonds is 15. The summed E-state index contributed by atoms with van der Waals surface area (Å²) in [5.41, 5.74) is 0.814. The fraction of sp³-hybridized carbons (Fsp3) is 0.289. The average molecular weight is 940 g/mol. The number of amides is 1. The highest BCUT2D eigenvalue weighted by molar-refractivity contribution is 8.12. The number of alkyl halides is 3. The number of nitrogens with one attached hydrogen (secondary N) is 4. The number of nitrogens with zero attached hydrogens (tertiary/aromatic N) is 1. The number of sulfonamides is 3. The smallest absolute Gasteiger partial charge is 0.456 e. The molecule has 2 aliphatic rings. The first-order chi connectivity index (χ1) is 29.9. The SMILES string of the molecule is CCC(C)C(=O)NCCCNS(=O)(=O)c1cc(C)c(Nc2ccc3c(-c4ccccc4S(=O)(=O)[N-]S(=O)(=O)C(F)(F)F)c4ccc(=[NH+]c5c(C)cc(C)cc5C)cc-4oc3c2)c(C)c1. The van der Waals surface area contributed by atoms with Gasteiger partial charge in [-0.05, 0) is 107 Å². The highest BCUT2D eigenvalue weighted by Gasteiger charge is 2.41. The van der Waals surface area contributed by atoms with Crippen LogP contribution in [-0.2, 0) is 34.9 Å². The van der Waals surface area contributed by atoms with Gasteiger partial charge in [0.2, 0.25) is 27.0 Å². The van der Waals surface area contributed by atoms with Crippen LogP contribution in [0.3, 0.4) is 0 Å². The molecule has 1 amide bonds. The van der Waals surface area contributed by atoms with Gasteiger partial charge in [-0.3, -0.25) is 4.79 Å². The van der Waals surface area contributed by atoms with Crippen molar-refractivity contribution < 1.29 is 52.6 Å². The molecule has 6 rings (SSSR count). The van der Waals surface area contributed by atoms with E-state index in [1.807, 2.05) is 46.8 Å². The van der Waals surface area contributed by atoms with Crippen LogP contribution in [0.15, 0.2) is 99.1 Å². The molecule has 64 heavy (non-hydrogen) atoms. The fourth-order valence-corrected chi connectivity index (χ4v) is 11.0. The predicted molar refractivity (Wildman–Crippen MR) is 240 cm³/mol. The molecule has 0 bridgehead atoms. The largest absolute Gasteiger partial charge is 0.480 e. The zero-order chi connectivity index (χ0) is 46.9. The molecule has 1 unspecified atom stereocenters. The lowest BCUT2D eigenvalue weighted by Gasteiger charge is -2.25. The summed E-state index contributed by atoms with van der Waals surface area (Å²) in [6.07, 6.45) is 1.09. The summed E-state index contributed by atoms with van der Waals surface area (Å²) < 4.78 is 129. The molecule has 0 saturated heterocycles. The third-order valence-electron chi connectivity index (χ3n) is 10.7. The zero-order valence-corrected chi connectivity index (χ0v) is 38.5. The van der Waals surface area contributed by atoms with Crippen molar-refractivity contribution >= 4 is 64.0 Å². The lowest BCUT2D eigenvalue weighted by molar-refractivity contribution is -0.403. The number of fused-ring (bicyclic) bond motifs is 2. The van der Waals surface area contributed by atoms with Gasteiger partial charge in [-0.1, -0.05) is 37.6 Å². The topological polar surface area (TPSA) is 197 Å². The molecule has 1 aliphatic heterocycles. The lowest BCUT2D eigenvalue weighted by Crippen LogP contribution is -2.71. The molecule has 0 aromatic heterocycles. The molecular weight excluding hydrogens is 892 g/mol. The molecule has 340 valence electrons. The quantitative estimate of drug-likeness (QED) is 0.0594. The van der Waals surface area contributed by atoms with Crippen molar-refractivity contribution in [2.24, 2.45) is 5.92 Å². The summed E-state index contributed by atoms with van der Waals surface area (Å²) in [5, 5.41) is 7.05. The van der Waals surface area contributed by atoms with Crippen LogP contribution in [0.2, 0.25) is 0 Å². The van der Waals surface area contributed by atoms with Gasteiger partial charge in [0, 0.05) is 75.7 Å². The maximum Gasteiger partial charge on any atom is 0.480 e. The molecule has 0 radical (unpaired) electrons. The van der Waals surface area contributed by atoms with E-state index in [-0.39, 0.29) is 45.7 Å². The van der Waals surface area contributed by atoms with Gasteiger partial charge in [0.25, 0.3) is 0 Å². The summed E-state index contributed by atoms with van der Waals surface area (Å²) in [7, 11) is -15.8. The lowest BCUT2D eigenvalue weighted by atomic mass is 9.93. The van der Waals surface area contributed by atoms with Crippen LogP contribution in [0.5, 0.6) is 0 Å². The summed E-state index contributed by atoms with van der Waals surface area (Å²) in [4.78, 5) is 14.7. The van der Waals surface area contributed by atoms with Crippen LogP contribution in [0.1, 0.15) is 54.5 Å². The van der Waals surface area contributed by atoms with Crippen LogP contribution in [0, 0.1) is 40.5 Å². The van der Waals surface area contributed by atoms with Gasteiger partial charge in [0.1, 0.15) is 21.4 Å². The Balaban J connectivity index is 1.43. The summed E-state index contributed by atoms with van der Waals surface area (Å²) in [6, 6.07) is 22.1. The first kappa shape index (κ1) is 47.9. The number of aryl methyl sites for hydroxylation is 5. The molecule has 0 saturated carbocycles. The Hall–Kier alpha value is -5.60. The monoisotopic (exact) mass is 939 g/mol. The Labute approximate surface area is 370 Å². The van der Waals surface area contributed by atoms with Crippen LogP contribution in [0.25, 0.3) is 37.5 Å². The second kappa shape index (κ2) is 18.5. The summed E-state index contributed by atoms with van der Waals surface area (Å²) in [5.74, 6) is 0.0169. The first-order valence-corrected chi connectivity index (χ1v) is 24.5. The average Bonchev–Trinajstić information content (AvgIpc) is 3.21. The highest BCUT2D eigenvalue weighted by atomic mass is 32.3. The predicted octanol–water partition coefficient (Wildman–Crippen LogP) is 7.55. The van der Waals surface area contributed by atoms with Crippen LogP contribution in [0.4, 0.5) is 30.2 Å². The third-order valence-corrected chi connectivity index (χ3v) is 15.2. The molecule has 13 nitrogen and oxygen atoms in total. The molecular formula is C45H48F3N5O8S3. The Morgan fingerprint density at radius 2 is 1.45 bits per heavy atom. The van der Waals surface area contributed by atoms with Gasteiger partial charge >= 0.3 is 5.51 Å². The fourth-order valence-electron chi connectivity index (χ4n) is 7.34. The molecule has 1 atom stereocenters. The van der Waals surface area contributed by atoms with Crippen molar-refractivity contribution in [1.29, 1.82) is 0 Å². The van der Waals surface area contributed by atoms with Crippen molar-refractivity contribution in [3.05, 3.63) is 122 Å². The Morgan fingerprint density at radius 3 is 2.09 bits per heavy atom. The Kier molecular flexibility index (Phi) is 13.8. The van der Waals surface area contributed by atoms with Crippen LogP contribution >= 0.6 is 0 Å². The minimum Gasteiger partial charge on any atom is -0.456 e. The van der Waals surface area contributed by atoms with Crippen molar-refractivity contribution in [3.8, 4) is 22.5 Å². The molecule has 4 N–H and O–H groups in total. The first-order valence-electron chi connectivity index (χ1n) is 20.2. The van der Waals surface area contributed by atoms with E-state index in [1.54, 1.807) is 50.2 Å². The van der Waals surface area contributed by atoms with E-state index in [0.717, 1.165) is 28.4 Å². The summed E-state index contributed by atoms with van der Waals surface area (Å²) >= 11 is 0. The third kappa shape index (κ3) is 10.3. The zero-order valence-electron chi connectivity index (χ0n) is 36.1. The van der Waals surface area contributed by atoms with E-state index >= 15 is 0 Å². The molecule has 4 aromatic rings. The van der Waals surface area contributed by atoms with Gasteiger partial charge in [0.15, 0.2) is 10.0 Å². The van der Waals surface area contributed by atoms with E-state index < -0.39 is 40.5 Å². The second-order valence-electron chi connectivity index (χ2n) is 15.7. The van der Waals surface area contributed by atoms with Gasteiger partial charge in [0.05, 0.1) is 15.9 Å². The van der Waals surface area contributed by atoms with Gasteiger partial charge < -0.3 is 19.2 Å². The standard InChI is InChI=1S/C45H47F3N5O8S3/c1-8-27(3)44(54)49-18-11-19-50-62(55,56)34-22-30(6)43(31(7)23-34)52-33-15-17-36-39(25-33)61-38-24-32(51-42-28(4)20-26(2)21-29(42)5)14-16-35(38)41(36)37-12-9-10-13-40(37)63(57,58)53-64(59,60)45(46,47)48/h9-10,12-17,20-25,27,50H,8,11,18-19H2,1-7H3,(H,49,54)(H,51,52)/q-1/p+1. The van der Waals surface area contributed by atoms with Crippen molar-refractivity contribution in [3.63, 3.8) is 0 Å². The van der Waals surface area contributed by atoms with E-state index in [9.17, 15) is 43.2 Å². The number of hydrogen-bond donors (Lipinski definition) is 4. The molecule has 0 fully saturated rings. The van der Waals surface area contributed by atoms with Crippen LogP contribution in [-0.4, -0.2) is 49.8 Å². The highest BCUT2D eigenvalue weighted by Crippen LogP contribution is 2.44. The maximum absolute atomic E-state index is 13.5. The Bertz CT molecular complexity index is 3120. The maximum atomic E-state index is 13.5. The number of carbonyl (C=O) groups is 1. The van der Waals surface area contributed by atoms with Gasteiger partial charge in [-0.25, -0.2) is 35.0 Å². The molecule has 1 heterocycles. The van der Waals surface area contributed by atoms with E-state index in [4.69, 9.17) is 4.42 Å². The minimum absolute atomic E-state index is 0.0464. The van der Waals surface area contributed by atoms with Crippen LogP contribution < -0.4 is 25.7 Å². The summed E-state index contributed by atoms with van der Waals surface area (Å²) in [6.45, 7) is 13.5. The molecule has 0 spiro atoms. The minimum atomic E-state index is -6.45. The molecule has 4 aromatic carbocycles.